The third kappa shape index (κ3) is 4.90. The molecule has 0 atom stereocenters. The van der Waals surface area contributed by atoms with Gasteiger partial charge in [-0.3, -0.25) is 4.99 Å². The van der Waals surface area contributed by atoms with Gasteiger partial charge in [0.15, 0.2) is 5.96 Å². The summed E-state index contributed by atoms with van der Waals surface area (Å²) in [5.74, 6) is 1.77. The number of aliphatic imine (C=N–C) groups is 1. The predicted octanol–water partition coefficient (Wildman–Crippen LogP) is 1.55. The monoisotopic (exact) mass is 360 g/mol. The van der Waals surface area contributed by atoms with Gasteiger partial charge in [0.25, 0.3) is 0 Å². The lowest BCUT2D eigenvalue weighted by Gasteiger charge is -2.29. The number of rotatable bonds is 5. The molecule has 2 aromatic rings. The Bertz CT molecular complexity index is 711. The van der Waals surface area contributed by atoms with E-state index >= 15 is 0 Å². The van der Waals surface area contributed by atoms with Crippen LogP contribution < -0.4 is 15.5 Å². The van der Waals surface area contributed by atoms with Gasteiger partial charge in [-0.2, -0.15) is 0 Å². The molecular formula is C17H24N6OS. The average Bonchev–Trinajstić information content (AvgIpc) is 3.08. The van der Waals surface area contributed by atoms with Crippen LogP contribution in [0.25, 0.3) is 0 Å². The van der Waals surface area contributed by atoms with E-state index in [0.29, 0.717) is 13.1 Å². The van der Waals surface area contributed by atoms with Gasteiger partial charge in [0, 0.05) is 49.5 Å². The summed E-state index contributed by atoms with van der Waals surface area (Å²) in [7, 11) is 1.77. The van der Waals surface area contributed by atoms with Crippen LogP contribution in [0.3, 0.4) is 0 Å². The van der Waals surface area contributed by atoms with Gasteiger partial charge in [0.2, 0.25) is 0 Å². The van der Waals surface area contributed by atoms with Crippen molar-refractivity contribution in [2.45, 2.75) is 20.0 Å². The average molecular weight is 360 g/mol. The number of anilines is 1. The van der Waals surface area contributed by atoms with Crippen LogP contribution >= 0.6 is 11.3 Å². The van der Waals surface area contributed by atoms with Gasteiger partial charge < -0.3 is 20.3 Å². The third-order valence-electron chi connectivity index (χ3n) is 3.92. The Labute approximate surface area is 152 Å². The summed E-state index contributed by atoms with van der Waals surface area (Å²) in [5, 5.41) is 7.71. The molecule has 3 heterocycles. The Morgan fingerprint density at radius 3 is 2.80 bits per heavy atom. The second-order valence-corrected chi connectivity index (χ2v) is 7.05. The minimum Gasteiger partial charge on any atom is -0.378 e. The van der Waals surface area contributed by atoms with Crippen molar-refractivity contribution in [3.8, 4) is 0 Å². The second-order valence-electron chi connectivity index (χ2n) is 5.73. The topological polar surface area (TPSA) is 74.7 Å². The third-order valence-corrected chi connectivity index (χ3v) is 4.84. The first-order chi connectivity index (χ1) is 12.3. The van der Waals surface area contributed by atoms with E-state index in [1.54, 1.807) is 18.4 Å². The minimum absolute atomic E-state index is 0.664. The highest BCUT2D eigenvalue weighted by Gasteiger charge is 2.15. The first kappa shape index (κ1) is 17.6. The lowest BCUT2D eigenvalue weighted by atomic mass is 10.2. The molecule has 0 aromatic carbocycles. The molecule has 0 saturated carbocycles. The molecular weight excluding hydrogens is 336 g/mol. The number of thiazole rings is 1. The highest BCUT2D eigenvalue weighted by Crippen LogP contribution is 2.18. The Kier molecular flexibility index (Phi) is 6.19. The zero-order valence-corrected chi connectivity index (χ0v) is 15.5. The summed E-state index contributed by atoms with van der Waals surface area (Å²) in [6.07, 6.45) is 3.73. The van der Waals surface area contributed by atoms with Gasteiger partial charge in [-0.1, -0.05) is 6.07 Å². The number of pyridine rings is 1. The SMILES string of the molecule is CN=C(NCc1ncc(C)s1)NCc1cccnc1N1CCOCC1. The van der Waals surface area contributed by atoms with Crippen molar-refractivity contribution in [3.63, 3.8) is 0 Å². The first-order valence-electron chi connectivity index (χ1n) is 8.38. The molecule has 1 aliphatic rings. The standard InChI is InChI=1S/C17H24N6OS/c1-13-10-20-15(25-13)12-22-17(18-2)21-11-14-4-3-5-19-16(14)23-6-8-24-9-7-23/h3-5,10H,6-9,11-12H2,1-2H3,(H2,18,21,22). The number of morpholine rings is 1. The van der Waals surface area contributed by atoms with Crippen LogP contribution in [0.5, 0.6) is 0 Å². The van der Waals surface area contributed by atoms with Crippen LogP contribution in [-0.4, -0.2) is 49.3 Å². The first-order valence-corrected chi connectivity index (χ1v) is 9.20. The maximum atomic E-state index is 5.43. The minimum atomic E-state index is 0.664. The van der Waals surface area contributed by atoms with Gasteiger partial charge in [-0.15, -0.1) is 11.3 Å². The van der Waals surface area contributed by atoms with Gasteiger partial charge >= 0.3 is 0 Å². The molecule has 1 aliphatic heterocycles. The van der Waals surface area contributed by atoms with E-state index in [1.807, 2.05) is 18.5 Å². The van der Waals surface area contributed by atoms with E-state index in [-0.39, 0.29) is 0 Å². The molecule has 3 rings (SSSR count). The Balaban J connectivity index is 1.58. The molecule has 25 heavy (non-hydrogen) atoms. The normalized spacial score (nSPS) is 15.3. The quantitative estimate of drug-likeness (QED) is 0.622. The van der Waals surface area contributed by atoms with Crippen molar-refractivity contribution in [1.29, 1.82) is 0 Å². The van der Waals surface area contributed by atoms with Gasteiger partial charge in [0.05, 0.1) is 19.8 Å². The number of nitrogens with zero attached hydrogens (tertiary/aromatic N) is 4. The van der Waals surface area contributed by atoms with Gasteiger partial charge in [-0.25, -0.2) is 9.97 Å². The van der Waals surface area contributed by atoms with Crippen molar-refractivity contribution in [2.24, 2.45) is 4.99 Å². The van der Waals surface area contributed by atoms with Crippen LogP contribution in [0, 0.1) is 6.92 Å². The molecule has 0 amide bonds. The Morgan fingerprint density at radius 1 is 1.28 bits per heavy atom. The molecule has 2 N–H and O–H groups in total. The van der Waals surface area contributed by atoms with Crippen molar-refractivity contribution in [3.05, 3.63) is 40.0 Å². The maximum Gasteiger partial charge on any atom is 0.191 e. The summed E-state index contributed by atoms with van der Waals surface area (Å²) in [5.41, 5.74) is 1.15. The molecule has 0 bridgehead atoms. The van der Waals surface area contributed by atoms with Gasteiger partial charge in [0.1, 0.15) is 10.8 Å². The summed E-state index contributed by atoms with van der Waals surface area (Å²) in [4.78, 5) is 16.7. The maximum absolute atomic E-state index is 5.43. The Morgan fingerprint density at radius 2 is 2.08 bits per heavy atom. The molecule has 2 aromatic heterocycles. The van der Waals surface area contributed by atoms with E-state index in [0.717, 1.165) is 48.7 Å². The smallest absolute Gasteiger partial charge is 0.191 e. The van der Waals surface area contributed by atoms with Crippen LogP contribution in [0.15, 0.2) is 29.5 Å². The number of hydrogen-bond donors (Lipinski definition) is 2. The van der Waals surface area contributed by atoms with Crippen molar-refractivity contribution in [1.82, 2.24) is 20.6 Å². The summed E-state index contributed by atoms with van der Waals surface area (Å²) >= 11 is 1.69. The highest BCUT2D eigenvalue weighted by atomic mass is 32.1. The van der Waals surface area contributed by atoms with E-state index in [4.69, 9.17) is 4.74 Å². The number of aromatic nitrogens is 2. The highest BCUT2D eigenvalue weighted by molar-refractivity contribution is 7.11. The largest absolute Gasteiger partial charge is 0.378 e. The molecule has 1 fully saturated rings. The number of guanidine groups is 1. The number of nitrogens with one attached hydrogen (secondary N) is 2. The lowest BCUT2D eigenvalue weighted by molar-refractivity contribution is 0.122. The summed E-state index contributed by atoms with van der Waals surface area (Å²) in [6, 6.07) is 4.07. The molecule has 7 nitrogen and oxygen atoms in total. The fourth-order valence-electron chi connectivity index (χ4n) is 2.67. The number of aryl methyl sites for hydroxylation is 1. The van der Waals surface area contributed by atoms with E-state index in [1.165, 1.54) is 4.88 Å². The fourth-order valence-corrected chi connectivity index (χ4v) is 3.40. The summed E-state index contributed by atoms with van der Waals surface area (Å²) < 4.78 is 5.43. The predicted molar refractivity (Wildman–Crippen MR) is 101 cm³/mol. The van der Waals surface area contributed by atoms with Crippen molar-refractivity contribution in [2.75, 3.05) is 38.3 Å². The number of ether oxygens (including phenoxy) is 1. The zero-order chi connectivity index (χ0) is 17.5. The Hall–Kier alpha value is -2.19. The van der Waals surface area contributed by atoms with E-state index in [2.05, 4.69) is 43.5 Å². The molecule has 0 radical (unpaired) electrons. The van der Waals surface area contributed by atoms with E-state index in [9.17, 15) is 0 Å². The van der Waals surface area contributed by atoms with Crippen LogP contribution in [0.2, 0.25) is 0 Å². The van der Waals surface area contributed by atoms with Crippen molar-refractivity contribution < 1.29 is 4.74 Å². The zero-order valence-electron chi connectivity index (χ0n) is 14.7. The van der Waals surface area contributed by atoms with Crippen LogP contribution in [0.4, 0.5) is 5.82 Å². The number of hydrogen-bond acceptors (Lipinski definition) is 6. The van der Waals surface area contributed by atoms with Crippen molar-refractivity contribution >= 4 is 23.1 Å². The molecule has 1 saturated heterocycles. The molecule has 0 unspecified atom stereocenters. The van der Waals surface area contributed by atoms with Gasteiger partial charge in [-0.05, 0) is 13.0 Å². The van der Waals surface area contributed by atoms with E-state index < -0.39 is 0 Å². The second kappa shape index (κ2) is 8.77. The molecule has 134 valence electrons. The molecule has 0 aliphatic carbocycles. The van der Waals surface area contributed by atoms with Crippen LogP contribution in [0.1, 0.15) is 15.4 Å². The lowest BCUT2D eigenvalue weighted by Crippen LogP contribution is -2.39. The fraction of sp³-hybridized carbons (Fsp3) is 0.471. The molecule has 0 spiro atoms. The summed E-state index contributed by atoms with van der Waals surface area (Å²) in [6.45, 7) is 6.64. The van der Waals surface area contributed by atoms with Crippen LogP contribution in [-0.2, 0) is 17.8 Å². The molecule has 8 heteroatoms.